The number of nitrogens with one attached hydrogen (secondary N) is 1. The number of aromatic amines is 1. The largest absolute Gasteiger partial charge is 0.365 e. The highest BCUT2D eigenvalue weighted by atomic mass is 32.1. The van der Waals surface area contributed by atoms with Crippen LogP contribution in [-0.4, -0.2) is 4.98 Å². The van der Waals surface area contributed by atoms with Crippen LogP contribution >= 0.6 is 12.2 Å². The second-order valence-corrected chi connectivity index (χ2v) is 2.52. The molecule has 0 radical (unpaired) electrons. The number of aromatic nitrogens is 1. The van der Waals surface area contributed by atoms with Crippen molar-refractivity contribution in [1.29, 1.82) is 0 Å². The summed E-state index contributed by atoms with van der Waals surface area (Å²) in [7, 11) is 0. The Hall–Kier alpha value is -0.890. The van der Waals surface area contributed by atoms with E-state index in [-0.39, 0.29) is 0 Å². The highest BCUT2D eigenvalue weighted by molar-refractivity contribution is 7.71. The molecule has 0 aliphatic heterocycles. The molecule has 2 heteroatoms. The number of pyridine rings is 1. The van der Waals surface area contributed by atoms with Crippen molar-refractivity contribution in [2.24, 2.45) is 0 Å². The molecule has 1 aromatic heterocycles. The smallest absolute Gasteiger partial charge is 0.0481 e. The quantitative estimate of drug-likeness (QED) is 0.610. The minimum Gasteiger partial charge on any atom is -0.365 e. The second-order valence-electron chi connectivity index (χ2n) is 2.08. The zero-order chi connectivity index (χ0) is 7.56. The van der Waals surface area contributed by atoms with Crippen LogP contribution in [-0.2, 0) is 0 Å². The van der Waals surface area contributed by atoms with Gasteiger partial charge in [0.15, 0.2) is 0 Å². The molecule has 0 aromatic carbocycles. The molecule has 52 valence electrons. The van der Waals surface area contributed by atoms with Crippen molar-refractivity contribution in [3.8, 4) is 0 Å². The first kappa shape index (κ1) is 7.22. The number of aryl methyl sites for hydroxylation is 1. The van der Waals surface area contributed by atoms with Crippen LogP contribution in [0.5, 0.6) is 0 Å². The normalized spacial score (nSPS) is 9.30. The molecule has 0 aliphatic rings. The van der Waals surface area contributed by atoms with Gasteiger partial charge in [-0.25, -0.2) is 0 Å². The van der Waals surface area contributed by atoms with E-state index in [0.29, 0.717) is 0 Å². The average molecular weight is 151 g/mol. The fraction of sp³-hybridized carbons (Fsp3) is 0.125. The molecule has 0 unspecified atom stereocenters. The molecule has 0 aliphatic carbocycles. The molecular formula is C8H9NS. The minimum atomic E-state index is 0.853. The van der Waals surface area contributed by atoms with Crippen LogP contribution in [0.1, 0.15) is 11.3 Å². The Balaban J connectivity index is 3.45. The summed E-state index contributed by atoms with van der Waals surface area (Å²) in [5, 5.41) is 0. The topological polar surface area (TPSA) is 15.8 Å². The van der Waals surface area contributed by atoms with Crippen LogP contribution in [0.15, 0.2) is 18.8 Å². The van der Waals surface area contributed by atoms with E-state index < -0.39 is 0 Å². The van der Waals surface area contributed by atoms with Crippen LogP contribution in [0.25, 0.3) is 6.08 Å². The van der Waals surface area contributed by atoms with E-state index in [1.807, 2.05) is 19.2 Å². The first-order valence-electron chi connectivity index (χ1n) is 3.06. The lowest BCUT2D eigenvalue weighted by Crippen LogP contribution is -1.84. The van der Waals surface area contributed by atoms with Crippen LogP contribution < -0.4 is 0 Å². The second kappa shape index (κ2) is 2.80. The van der Waals surface area contributed by atoms with Gasteiger partial charge in [-0.1, -0.05) is 24.9 Å². The first-order chi connectivity index (χ1) is 4.75. The van der Waals surface area contributed by atoms with Gasteiger partial charge in [-0.05, 0) is 13.0 Å². The fourth-order valence-corrected chi connectivity index (χ4v) is 1.15. The zero-order valence-electron chi connectivity index (χ0n) is 5.85. The monoisotopic (exact) mass is 151 g/mol. The van der Waals surface area contributed by atoms with Gasteiger partial charge in [0.1, 0.15) is 0 Å². The van der Waals surface area contributed by atoms with Crippen molar-refractivity contribution >= 4 is 18.3 Å². The predicted octanol–water partition coefficient (Wildman–Crippen LogP) is 2.70. The van der Waals surface area contributed by atoms with Gasteiger partial charge < -0.3 is 4.98 Å². The fourth-order valence-electron chi connectivity index (χ4n) is 0.848. The van der Waals surface area contributed by atoms with Crippen molar-refractivity contribution in [1.82, 2.24) is 4.98 Å². The molecule has 0 bridgehead atoms. The summed E-state index contributed by atoms with van der Waals surface area (Å²) in [6.45, 7) is 5.64. The van der Waals surface area contributed by atoms with Crippen LogP contribution in [0, 0.1) is 11.4 Å². The molecule has 1 aromatic rings. The van der Waals surface area contributed by atoms with Crippen LogP contribution in [0.2, 0.25) is 0 Å². The highest BCUT2D eigenvalue weighted by Crippen LogP contribution is 2.07. The third-order valence-electron chi connectivity index (χ3n) is 1.41. The maximum absolute atomic E-state index is 5.05. The van der Waals surface area contributed by atoms with Gasteiger partial charge in [0, 0.05) is 22.0 Å². The third-order valence-corrected chi connectivity index (χ3v) is 1.76. The van der Waals surface area contributed by atoms with E-state index in [2.05, 4.69) is 11.6 Å². The van der Waals surface area contributed by atoms with E-state index in [9.17, 15) is 0 Å². The van der Waals surface area contributed by atoms with Crippen LogP contribution in [0.4, 0.5) is 0 Å². The van der Waals surface area contributed by atoms with Gasteiger partial charge in [0.2, 0.25) is 0 Å². The molecule has 1 nitrogen and oxygen atoms in total. The summed E-state index contributed by atoms with van der Waals surface area (Å²) in [5.74, 6) is 0. The lowest BCUT2D eigenvalue weighted by Gasteiger charge is -1.97. The van der Waals surface area contributed by atoms with Crippen molar-refractivity contribution in [3.05, 3.63) is 34.6 Å². The lowest BCUT2D eigenvalue weighted by molar-refractivity contribution is 1.18. The molecule has 0 saturated carbocycles. The van der Waals surface area contributed by atoms with Gasteiger partial charge in [0.25, 0.3) is 0 Å². The first-order valence-corrected chi connectivity index (χ1v) is 3.47. The molecule has 1 rings (SSSR count). The lowest BCUT2D eigenvalue weighted by atomic mass is 10.2. The maximum atomic E-state index is 5.05. The van der Waals surface area contributed by atoms with Crippen molar-refractivity contribution in [2.45, 2.75) is 6.92 Å². The Labute approximate surface area is 65.4 Å². The van der Waals surface area contributed by atoms with Gasteiger partial charge in [-0.3, -0.25) is 0 Å². The molecule has 1 N–H and O–H groups in total. The van der Waals surface area contributed by atoms with Crippen LogP contribution in [0.3, 0.4) is 0 Å². The summed E-state index contributed by atoms with van der Waals surface area (Å²) in [6.07, 6.45) is 3.61. The Kier molecular flexibility index (Phi) is 2.02. The molecule has 0 atom stereocenters. The molecular weight excluding hydrogens is 142 g/mol. The summed E-state index contributed by atoms with van der Waals surface area (Å²) in [6, 6.07) is 1.86. The minimum absolute atomic E-state index is 0.853. The number of H-pyrrole nitrogens is 1. The molecule has 0 fully saturated rings. The van der Waals surface area contributed by atoms with Crippen molar-refractivity contribution < 1.29 is 0 Å². The Morgan fingerprint density at radius 3 is 2.80 bits per heavy atom. The van der Waals surface area contributed by atoms with E-state index in [4.69, 9.17) is 12.2 Å². The van der Waals surface area contributed by atoms with Crippen molar-refractivity contribution in [3.63, 3.8) is 0 Å². The SMILES string of the molecule is C=Cc1c(C)[nH]ccc1=S. The summed E-state index contributed by atoms with van der Waals surface area (Å²) >= 11 is 5.05. The number of hydrogen-bond donors (Lipinski definition) is 1. The number of hydrogen-bond acceptors (Lipinski definition) is 1. The summed E-state index contributed by atoms with van der Waals surface area (Å²) in [5.41, 5.74) is 2.10. The van der Waals surface area contributed by atoms with Gasteiger partial charge in [0.05, 0.1) is 0 Å². The Morgan fingerprint density at radius 2 is 2.40 bits per heavy atom. The van der Waals surface area contributed by atoms with Gasteiger partial charge in [-0.2, -0.15) is 0 Å². The van der Waals surface area contributed by atoms with E-state index >= 15 is 0 Å². The standard InChI is InChI=1S/C8H9NS/c1-3-7-6(2)9-5-4-8(7)10/h3-5H,1H2,2H3,(H,9,10). The average Bonchev–Trinajstić information content (AvgIpc) is 1.88. The van der Waals surface area contributed by atoms with Crippen molar-refractivity contribution in [2.75, 3.05) is 0 Å². The molecule has 10 heavy (non-hydrogen) atoms. The predicted molar refractivity (Wildman–Crippen MR) is 46.5 cm³/mol. The van der Waals surface area contributed by atoms with Gasteiger partial charge in [-0.15, -0.1) is 0 Å². The maximum Gasteiger partial charge on any atom is 0.0481 e. The van der Waals surface area contributed by atoms with Gasteiger partial charge >= 0.3 is 0 Å². The Bertz CT molecular complexity index is 298. The van der Waals surface area contributed by atoms with E-state index in [0.717, 1.165) is 15.8 Å². The molecule has 1 heterocycles. The summed E-state index contributed by atoms with van der Waals surface area (Å²) in [4.78, 5) is 3.05. The molecule has 0 saturated heterocycles. The summed E-state index contributed by atoms with van der Waals surface area (Å²) < 4.78 is 0.853. The van der Waals surface area contributed by atoms with E-state index in [1.165, 1.54) is 0 Å². The highest BCUT2D eigenvalue weighted by Gasteiger charge is 1.92. The third kappa shape index (κ3) is 1.16. The molecule has 0 spiro atoms. The molecule has 0 amide bonds. The van der Waals surface area contributed by atoms with E-state index in [1.54, 1.807) is 6.08 Å². The Morgan fingerprint density at radius 1 is 1.70 bits per heavy atom. The number of rotatable bonds is 1. The zero-order valence-corrected chi connectivity index (χ0v) is 6.66.